The fraction of sp³-hybridized carbons (Fsp3) is 0.133. The summed E-state index contributed by atoms with van der Waals surface area (Å²) < 4.78 is 3.08. The van der Waals surface area contributed by atoms with Crippen molar-refractivity contribution in [1.29, 1.82) is 0 Å². The van der Waals surface area contributed by atoms with Crippen molar-refractivity contribution in [2.24, 2.45) is 0 Å². The van der Waals surface area contributed by atoms with E-state index in [1.54, 1.807) is 0 Å². The number of hydrogen-bond donors (Lipinski definition) is 0. The average Bonchev–Trinajstić information content (AvgIpc) is 2.83. The Hall–Kier alpha value is -1.32. The molecule has 2 nitrogen and oxygen atoms in total. The normalized spacial score (nSPS) is 11.1. The number of aromatic nitrogens is 2. The summed E-state index contributed by atoms with van der Waals surface area (Å²) in [4.78, 5) is 0. The summed E-state index contributed by atoms with van der Waals surface area (Å²) in [5.41, 5.74) is 2.29. The Labute approximate surface area is 125 Å². The first-order valence-corrected chi connectivity index (χ1v) is 7.25. The number of rotatable bonds is 3. The first-order chi connectivity index (χ1) is 9.22. The smallest absolute Gasteiger partial charge is 0.0934 e. The van der Waals surface area contributed by atoms with Crippen molar-refractivity contribution in [3.8, 4) is 0 Å². The summed E-state index contributed by atoms with van der Waals surface area (Å²) in [5, 5.41) is 6.49. The summed E-state index contributed by atoms with van der Waals surface area (Å²) in [7, 11) is 0. The van der Waals surface area contributed by atoms with Gasteiger partial charge in [0.05, 0.1) is 5.52 Å². The molecule has 0 unspecified atom stereocenters. The van der Waals surface area contributed by atoms with E-state index in [1.807, 2.05) is 35.0 Å². The van der Waals surface area contributed by atoms with Crippen LogP contribution in [0.4, 0.5) is 0 Å². The maximum Gasteiger partial charge on any atom is 0.0934 e. The Morgan fingerprint density at radius 1 is 1.11 bits per heavy atom. The van der Waals surface area contributed by atoms with E-state index in [4.69, 9.17) is 11.6 Å². The summed E-state index contributed by atoms with van der Waals surface area (Å²) in [5.74, 6) is 0. The van der Waals surface area contributed by atoms with E-state index in [9.17, 15) is 0 Å². The van der Waals surface area contributed by atoms with Crippen molar-refractivity contribution >= 4 is 38.4 Å². The largest absolute Gasteiger partial charge is 0.271 e. The van der Waals surface area contributed by atoms with E-state index in [0.717, 1.165) is 33.4 Å². The zero-order valence-corrected chi connectivity index (χ0v) is 12.5. The molecule has 19 heavy (non-hydrogen) atoms. The van der Waals surface area contributed by atoms with Crippen LogP contribution in [0.1, 0.15) is 5.56 Å². The van der Waals surface area contributed by atoms with Crippen LogP contribution in [-0.4, -0.2) is 9.78 Å². The highest BCUT2D eigenvalue weighted by molar-refractivity contribution is 9.10. The van der Waals surface area contributed by atoms with Gasteiger partial charge in [0.1, 0.15) is 0 Å². The van der Waals surface area contributed by atoms with Crippen molar-refractivity contribution in [3.05, 3.63) is 63.7 Å². The number of aryl methyl sites for hydroxylation is 2. The average molecular weight is 336 g/mol. The summed E-state index contributed by atoms with van der Waals surface area (Å²) in [6.45, 7) is 0.864. The van der Waals surface area contributed by atoms with Crippen molar-refractivity contribution < 1.29 is 0 Å². The zero-order valence-electron chi connectivity index (χ0n) is 10.2. The van der Waals surface area contributed by atoms with E-state index in [0.29, 0.717) is 0 Å². The third-order valence-electron chi connectivity index (χ3n) is 3.09. The molecular formula is C15H12BrClN2. The van der Waals surface area contributed by atoms with Gasteiger partial charge in [-0.1, -0.05) is 45.7 Å². The molecule has 0 spiro atoms. The van der Waals surface area contributed by atoms with Crippen molar-refractivity contribution in [1.82, 2.24) is 9.78 Å². The third kappa shape index (κ3) is 2.82. The van der Waals surface area contributed by atoms with Crippen molar-refractivity contribution in [2.75, 3.05) is 0 Å². The molecule has 0 aliphatic heterocycles. The second-order valence-electron chi connectivity index (χ2n) is 4.44. The fourth-order valence-electron chi connectivity index (χ4n) is 2.07. The van der Waals surface area contributed by atoms with Crippen LogP contribution >= 0.6 is 27.5 Å². The molecular weight excluding hydrogens is 324 g/mol. The van der Waals surface area contributed by atoms with E-state index in [2.05, 4.69) is 39.4 Å². The Bertz CT molecular complexity index is 704. The molecule has 0 amide bonds. The fourth-order valence-corrected chi connectivity index (χ4v) is 2.65. The lowest BCUT2D eigenvalue weighted by Crippen LogP contribution is -2.01. The summed E-state index contributed by atoms with van der Waals surface area (Å²) in [6.07, 6.45) is 3.03. The third-order valence-corrected chi connectivity index (χ3v) is 4.03. The topological polar surface area (TPSA) is 17.8 Å². The van der Waals surface area contributed by atoms with Crippen LogP contribution in [0.15, 0.2) is 53.1 Å². The Kier molecular flexibility index (Phi) is 3.58. The van der Waals surface area contributed by atoms with Gasteiger partial charge in [-0.15, -0.1) is 0 Å². The van der Waals surface area contributed by atoms with Crippen LogP contribution in [0.25, 0.3) is 10.9 Å². The highest BCUT2D eigenvalue weighted by atomic mass is 79.9. The standard InChI is InChI=1S/C15H12BrClN2/c16-14-2-1-3-15-13(14)10-19(18-15)9-8-11-4-6-12(17)7-5-11/h1-7,10H,8-9H2. The van der Waals surface area contributed by atoms with Crippen molar-refractivity contribution in [3.63, 3.8) is 0 Å². The predicted molar refractivity (Wildman–Crippen MR) is 82.6 cm³/mol. The van der Waals surface area contributed by atoms with Gasteiger partial charge in [0.25, 0.3) is 0 Å². The zero-order chi connectivity index (χ0) is 13.2. The number of fused-ring (bicyclic) bond motifs is 1. The molecule has 0 bridgehead atoms. The first kappa shape index (κ1) is 12.7. The molecule has 0 N–H and O–H groups in total. The van der Waals surface area contributed by atoms with Gasteiger partial charge in [-0.05, 0) is 36.2 Å². The Morgan fingerprint density at radius 2 is 1.89 bits per heavy atom. The van der Waals surface area contributed by atoms with E-state index in [1.165, 1.54) is 5.56 Å². The highest BCUT2D eigenvalue weighted by Gasteiger charge is 2.03. The lowest BCUT2D eigenvalue weighted by Gasteiger charge is -2.02. The van der Waals surface area contributed by atoms with Gasteiger partial charge in [0.15, 0.2) is 0 Å². The SMILES string of the molecule is Clc1ccc(CCn2cc3c(Br)cccc3n2)cc1. The van der Waals surface area contributed by atoms with Gasteiger partial charge < -0.3 is 0 Å². The summed E-state index contributed by atoms with van der Waals surface area (Å²) >= 11 is 9.42. The minimum absolute atomic E-state index is 0.775. The highest BCUT2D eigenvalue weighted by Crippen LogP contribution is 2.22. The molecule has 4 heteroatoms. The number of nitrogens with zero attached hydrogens (tertiary/aromatic N) is 2. The summed E-state index contributed by atoms with van der Waals surface area (Å²) in [6, 6.07) is 14.0. The minimum Gasteiger partial charge on any atom is -0.271 e. The maximum absolute atomic E-state index is 5.88. The quantitative estimate of drug-likeness (QED) is 0.678. The van der Waals surface area contributed by atoms with Gasteiger partial charge in [-0.2, -0.15) is 5.10 Å². The van der Waals surface area contributed by atoms with Crippen molar-refractivity contribution in [2.45, 2.75) is 13.0 Å². The molecule has 0 saturated carbocycles. The number of hydrogen-bond acceptors (Lipinski definition) is 1. The van der Waals surface area contributed by atoms with Crippen LogP contribution in [0, 0.1) is 0 Å². The van der Waals surface area contributed by atoms with Gasteiger partial charge in [0, 0.05) is 27.6 Å². The molecule has 0 aliphatic rings. The van der Waals surface area contributed by atoms with Gasteiger partial charge in [0.2, 0.25) is 0 Å². The molecule has 1 aromatic heterocycles. The molecule has 0 aliphatic carbocycles. The molecule has 2 aromatic carbocycles. The molecule has 3 rings (SSSR count). The monoisotopic (exact) mass is 334 g/mol. The van der Waals surface area contributed by atoms with Crippen LogP contribution in [-0.2, 0) is 13.0 Å². The second kappa shape index (κ2) is 5.35. The predicted octanol–water partition coefficient (Wildman–Crippen LogP) is 4.69. The first-order valence-electron chi connectivity index (χ1n) is 6.08. The molecule has 1 heterocycles. The number of benzene rings is 2. The number of halogens is 2. The molecule has 3 aromatic rings. The molecule has 0 atom stereocenters. The molecule has 96 valence electrons. The van der Waals surface area contributed by atoms with Gasteiger partial charge in [-0.25, -0.2) is 0 Å². The minimum atomic E-state index is 0.775. The Balaban J connectivity index is 1.78. The Morgan fingerprint density at radius 3 is 2.63 bits per heavy atom. The molecule has 0 fully saturated rings. The van der Waals surface area contributed by atoms with E-state index < -0.39 is 0 Å². The van der Waals surface area contributed by atoms with Crippen LogP contribution in [0.3, 0.4) is 0 Å². The second-order valence-corrected chi connectivity index (χ2v) is 5.73. The lowest BCUT2D eigenvalue weighted by atomic mass is 10.1. The van der Waals surface area contributed by atoms with E-state index in [-0.39, 0.29) is 0 Å². The van der Waals surface area contributed by atoms with Crippen LogP contribution in [0.2, 0.25) is 5.02 Å². The maximum atomic E-state index is 5.88. The van der Waals surface area contributed by atoms with Crippen LogP contribution in [0.5, 0.6) is 0 Å². The molecule has 0 saturated heterocycles. The lowest BCUT2D eigenvalue weighted by molar-refractivity contribution is 0.621. The van der Waals surface area contributed by atoms with Gasteiger partial charge in [-0.3, -0.25) is 4.68 Å². The van der Waals surface area contributed by atoms with Gasteiger partial charge >= 0.3 is 0 Å². The van der Waals surface area contributed by atoms with E-state index >= 15 is 0 Å². The molecule has 0 radical (unpaired) electrons. The van der Waals surface area contributed by atoms with Crippen LogP contribution < -0.4 is 0 Å².